The molecule has 29 heteroatoms. The van der Waals surface area contributed by atoms with Crippen LogP contribution < -0.4 is 45.9 Å². The summed E-state index contributed by atoms with van der Waals surface area (Å²) in [7, 11) is -0.792. The molecule has 6 aromatic carbocycles. The monoisotopic (exact) mass is 1470 g/mol. The summed E-state index contributed by atoms with van der Waals surface area (Å²) in [5.74, 6) is 3.50. The van der Waals surface area contributed by atoms with Gasteiger partial charge in [0.1, 0.15) is 75.1 Å². The Bertz CT molecular complexity index is 4740. The van der Waals surface area contributed by atoms with E-state index in [1.807, 2.05) is 72.7 Å². The lowest BCUT2D eigenvalue weighted by Gasteiger charge is -2.20. The highest BCUT2D eigenvalue weighted by Crippen LogP contribution is 2.31. The minimum atomic E-state index is -4.02. The van der Waals surface area contributed by atoms with Crippen LogP contribution in [0.1, 0.15) is 115 Å². The van der Waals surface area contributed by atoms with E-state index in [9.17, 15) is 27.1 Å². The summed E-state index contributed by atoms with van der Waals surface area (Å²) in [4.78, 5) is 32.9. The molecule has 0 saturated heterocycles. The number of nitrogens with two attached hydrogens (primary N) is 1. The summed E-state index contributed by atoms with van der Waals surface area (Å²) >= 11 is 5.56. The van der Waals surface area contributed by atoms with Gasteiger partial charge < -0.3 is 77.9 Å². The second kappa shape index (κ2) is 35.6. The fourth-order valence-corrected chi connectivity index (χ4v) is 9.11. The number of phenols is 1. The molecule has 556 valence electrons. The van der Waals surface area contributed by atoms with Gasteiger partial charge >= 0.3 is 6.09 Å². The summed E-state index contributed by atoms with van der Waals surface area (Å²) in [6.45, 7) is 32.0. The van der Waals surface area contributed by atoms with Gasteiger partial charge in [-0.3, -0.25) is 4.55 Å². The standard InChI is InChI=1S/C20H28FN3O4.C16H21FN2O2.C12H16N2O2.C11H14N2O2.C8H6ClNO2.C7H8O3S/c1-19(2,3)24-17-23-15-8-7-14(9-16(15)27-17)26-12-13(10-21)11-22-18(25)28-20(4,5)6;1-16(2,3)7-15-19-13-5-4-12(6-14(13)21-15)20-10-11(8-17)9-18;1-12(2,3)14-11-13-9-6-5-8(15-4)7-10(9)16-11;1-11(2,3)13-10-12-8-5-4-7(14)6-9(8)15-10;1-11-5-2-3-6-7(4-5)12-8(9)10-6;1-6-2-4-7(5-3-6)11(8,9)10/h7-10H,11-12H2,1-6H3,(H,22,25)(H,23,24);4-6,8H,7,9-10,18H2,1-3H3;5-7H,1-4H3,(H,13,14);4-6,14H,1-3H3,(H,12,13);2-4H,1H3;2-5H,1H3,(H,8,9,10)/b13-10+;11-8+;;;;. The van der Waals surface area contributed by atoms with Gasteiger partial charge in [0.2, 0.25) is 0 Å². The molecule has 0 aliphatic heterocycles. The Kier molecular flexibility index (Phi) is 28.3. The maximum absolute atomic E-state index is 13.1. The molecule has 25 nitrogen and oxygen atoms in total. The van der Waals surface area contributed by atoms with Crippen LogP contribution >= 0.6 is 11.6 Å². The van der Waals surface area contributed by atoms with Crippen molar-refractivity contribution in [1.82, 2.24) is 30.2 Å². The zero-order chi connectivity index (χ0) is 76.3. The first-order chi connectivity index (χ1) is 48.1. The van der Waals surface area contributed by atoms with E-state index in [2.05, 4.69) is 87.7 Å². The molecule has 5 aromatic heterocycles. The zero-order valence-corrected chi connectivity index (χ0v) is 62.8. The molecule has 0 radical (unpaired) electrons. The Labute approximate surface area is 602 Å². The normalized spacial score (nSPS) is 12.1. The quantitative estimate of drug-likeness (QED) is 0.0442. The molecule has 11 aromatic rings. The van der Waals surface area contributed by atoms with E-state index in [0.29, 0.717) is 81.5 Å². The van der Waals surface area contributed by atoms with Gasteiger partial charge in [-0.25, -0.2) is 18.6 Å². The number of rotatable bonds is 16. The highest BCUT2D eigenvalue weighted by atomic mass is 35.5. The average Bonchev–Trinajstić information content (AvgIpc) is 1.71. The number of nitrogens with zero attached hydrogens (tertiary/aromatic N) is 5. The number of aryl methyl sites for hydroxylation is 1. The number of phenolic OH excluding ortho intramolecular Hbond substituents is 1. The smallest absolute Gasteiger partial charge is 0.407 e. The van der Waals surface area contributed by atoms with Gasteiger partial charge in [-0.1, -0.05) is 38.5 Å². The number of ether oxygens (including phenoxy) is 5. The van der Waals surface area contributed by atoms with E-state index in [1.54, 1.807) is 114 Å². The van der Waals surface area contributed by atoms with Crippen LogP contribution in [0.25, 0.3) is 55.5 Å². The van der Waals surface area contributed by atoms with Crippen molar-refractivity contribution < 1.29 is 77.4 Å². The molecule has 0 bridgehead atoms. The minimum absolute atomic E-state index is 0.0182. The molecule has 1 amide bonds. The molecule has 11 rings (SSSR count). The summed E-state index contributed by atoms with van der Waals surface area (Å²) < 4.78 is 109. The predicted molar refractivity (Wildman–Crippen MR) is 397 cm³/mol. The van der Waals surface area contributed by atoms with Crippen LogP contribution in [0, 0.1) is 12.3 Å². The van der Waals surface area contributed by atoms with Crippen LogP contribution in [0.2, 0.25) is 5.35 Å². The van der Waals surface area contributed by atoms with Crippen LogP contribution in [0.4, 0.5) is 31.6 Å². The Hall–Kier alpha value is -10.2. The zero-order valence-electron chi connectivity index (χ0n) is 61.2. The molecule has 0 aliphatic carbocycles. The predicted octanol–water partition coefficient (Wildman–Crippen LogP) is 17.9. The SMILES string of the molecule is CC(C)(C)Cc1nc2ccc(OC/C(=C/F)CN)cc2o1.CC(C)(C)Nc1nc2ccc(O)cc2o1.CC(C)(C)Nc1nc2ccc(OC/C(=C/F)CNC(=O)OC(C)(C)C)cc2o1.COc1ccc2nc(Cl)oc2c1.COc1ccc2nc(NC(C)(C)C)oc2c1.Cc1ccc(S(=O)(=O)O)cc1. The molecule has 103 heavy (non-hydrogen) atoms. The van der Waals surface area contributed by atoms with Crippen molar-refractivity contribution in [3.63, 3.8) is 0 Å². The third-order valence-electron chi connectivity index (χ3n) is 13.0. The molecule has 0 saturated carbocycles. The van der Waals surface area contributed by atoms with Gasteiger partial charge in [-0.05, 0) is 180 Å². The van der Waals surface area contributed by atoms with Crippen molar-refractivity contribution in [2.24, 2.45) is 11.1 Å². The molecular weight excluding hydrogens is 1370 g/mol. The summed E-state index contributed by atoms with van der Waals surface area (Å²) in [5.41, 5.74) is 13.1. The lowest BCUT2D eigenvalue weighted by molar-refractivity contribution is 0.0531. The second-order valence-electron chi connectivity index (χ2n) is 28.5. The second-order valence-corrected chi connectivity index (χ2v) is 30.3. The van der Waals surface area contributed by atoms with Crippen LogP contribution in [-0.2, 0) is 21.3 Å². The van der Waals surface area contributed by atoms with Crippen molar-refractivity contribution >= 4 is 101 Å². The van der Waals surface area contributed by atoms with E-state index < -0.39 is 21.8 Å². The molecule has 0 unspecified atom stereocenters. The van der Waals surface area contributed by atoms with Gasteiger partial charge in [-0.15, -0.1) is 0 Å². The number of alkyl carbamates (subject to hydrolysis) is 1. The number of aromatic hydroxyl groups is 1. The lowest BCUT2D eigenvalue weighted by Crippen LogP contribution is -2.34. The molecule has 8 N–H and O–H groups in total. The van der Waals surface area contributed by atoms with Gasteiger partial charge in [0.15, 0.2) is 33.8 Å². The molecule has 5 heterocycles. The number of hydrogen-bond donors (Lipinski definition) is 7. The number of amides is 1. The topological polar surface area (TPSA) is 342 Å². The summed E-state index contributed by atoms with van der Waals surface area (Å²) in [5, 5.41) is 21.4. The van der Waals surface area contributed by atoms with Crippen LogP contribution in [0.5, 0.6) is 28.7 Å². The highest BCUT2D eigenvalue weighted by Gasteiger charge is 2.21. The first-order valence-electron chi connectivity index (χ1n) is 32.4. The number of carbonyl (C=O) groups is 1. The fourth-order valence-electron chi connectivity index (χ4n) is 8.46. The van der Waals surface area contributed by atoms with Crippen LogP contribution in [-0.4, -0.2) is 112 Å². The maximum Gasteiger partial charge on any atom is 0.407 e. The number of carbonyl (C=O) groups excluding carboxylic acids is 1. The van der Waals surface area contributed by atoms with Crippen molar-refractivity contribution in [2.45, 2.75) is 144 Å². The summed E-state index contributed by atoms with van der Waals surface area (Å²) in [6, 6.07) is 33.8. The molecule has 0 atom stereocenters. The third kappa shape index (κ3) is 28.7. The Balaban J connectivity index is 0.000000200. The van der Waals surface area contributed by atoms with Gasteiger partial charge in [-0.2, -0.15) is 28.4 Å². The van der Waals surface area contributed by atoms with E-state index in [4.69, 9.17) is 67.7 Å². The van der Waals surface area contributed by atoms with Crippen molar-refractivity contribution in [3.8, 4) is 28.7 Å². The number of anilines is 3. The van der Waals surface area contributed by atoms with Crippen molar-refractivity contribution in [2.75, 3.05) is 56.5 Å². The Morgan fingerprint density at radius 1 is 0.544 bits per heavy atom. The third-order valence-corrected chi connectivity index (χ3v) is 14.1. The first kappa shape index (κ1) is 81.8. The summed E-state index contributed by atoms with van der Waals surface area (Å²) in [6.07, 6.45) is 1.04. The van der Waals surface area contributed by atoms with Crippen molar-refractivity contribution in [1.29, 1.82) is 0 Å². The van der Waals surface area contributed by atoms with Gasteiger partial charge in [0, 0.05) is 77.6 Å². The van der Waals surface area contributed by atoms with Crippen LogP contribution in [0.15, 0.2) is 166 Å². The van der Waals surface area contributed by atoms with Crippen LogP contribution in [0.3, 0.4) is 0 Å². The number of nitrogens with one attached hydrogen (secondary N) is 4. The molecule has 0 spiro atoms. The van der Waals surface area contributed by atoms with E-state index in [1.165, 1.54) is 12.1 Å². The number of oxazole rings is 5. The molecule has 0 aliphatic rings. The molecule has 0 fully saturated rings. The largest absolute Gasteiger partial charge is 0.508 e. The highest BCUT2D eigenvalue weighted by molar-refractivity contribution is 7.85. The van der Waals surface area contributed by atoms with Gasteiger partial charge in [0.05, 0.1) is 31.8 Å². The molecular formula is C74H93ClF2N10O15S. The Morgan fingerprint density at radius 2 is 0.932 bits per heavy atom. The number of benzene rings is 6. The average molecular weight is 1470 g/mol. The maximum atomic E-state index is 13.1. The van der Waals surface area contributed by atoms with E-state index in [-0.39, 0.29) is 69.9 Å². The number of fused-ring (bicyclic) bond motifs is 5. The number of methoxy groups -OCH3 is 2. The first-order valence-corrected chi connectivity index (χ1v) is 34.2. The van der Waals surface area contributed by atoms with E-state index >= 15 is 0 Å². The number of hydrogen-bond acceptors (Lipinski definition) is 23. The Morgan fingerprint density at radius 3 is 1.34 bits per heavy atom. The minimum Gasteiger partial charge on any atom is -0.508 e. The van der Waals surface area contributed by atoms with Gasteiger partial charge in [0.25, 0.3) is 33.5 Å². The number of aromatic nitrogens is 5. The van der Waals surface area contributed by atoms with E-state index in [0.717, 1.165) is 51.1 Å². The fraction of sp³-hybridized carbons (Fsp3) is 0.378. The van der Waals surface area contributed by atoms with Crippen molar-refractivity contribution in [3.05, 3.63) is 156 Å². The lowest BCUT2D eigenvalue weighted by atomic mass is 9.92. The number of halogens is 3.